The Morgan fingerprint density at radius 3 is 2.03 bits per heavy atom. The number of aromatic nitrogens is 1. The van der Waals surface area contributed by atoms with Gasteiger partial charge >= 0.3 is 0 Å². The first-order chi connectivity index (χ1) is 13.4. The lowest BCUT2D eigenvalue weighted by Crippen LogP contribution is -2.14. The van der Waals surface area contributed by atoms with E-state index in [0.717, 1.165) is 12.8 Å². The molecule has 29 heavy (non-hydrogen) atoms. The highest BCUT2D eigenvalue weighted by molar-refractivity contribution is 5.81. The molecule has 0 aromatic carbocycles. The summed E-state index contributed by atoms with van der Waals surface area (Å²) in [7, 11) is 0. The van der Waals surface area contributed by atoms with E-state index in [0.29, 0.717) is 5.92 Å². The monoisotopic (exact) mass is 395 g/mol. The van der Waals surface area contributed by atoms with Crippen molar-refractivity contribution >= 4 is 5.57 Å². The summed E-state index contributed by atoms with van der Waals surface area (Å²) in [4.78, 5) is 3.79. The van der Waals surface area contributed by atoms with Crippen molar-refractivity contribution in [3.63, 3.8) is 0 Å². The molecule has 0 aliphatic rings. The van der Waals surface area contributed by atoms with E-state index in [2.05, 4.69) is 106 Å². The molecule has 1 heteroatoms. The van der Waals surface area contributed by atoms with Crippen LogP contribution in [0.2, 0.25) is 0 Å². The van der Waals surface area contributed by atoms with Gasteiger partial charge in [-0.3, -0.25) is 0 Å². The van der Waals surface area contributed by atoms with Crippen LogP contribution >= 0.6 is 0 Å². The van der Waals surface area contributed by atoms with Crippen LogP contribution in [-0.2, 0) is 6.42 Å². The van der Waals surface area contributed by atoms with E-state index in [1.165, 1.54) is 50.4 Å². The predicted molar refractivity (Wildman–Crippen MR) is 133 cm³/mol. The van der Waals surface area contributed by atoms with Gasteiger partial charge in [-0.15, -0.1) is 0 Å². The largest absolute Gasteiger partial charge is 0.358 e. The summed E-state index contributed by atoms with van der Waals surface area (Å²) >= 11 is 0. The van der Waals surface area contributed by atoms with Crippen molar-refractivity contribution in [2.75, 3.05) is 0 Å². The van der Waals surface area contributed by atoms with Crippen molar-refractivity contribution in [3.05, 3.63) is 63.0 Å². The lowest BCUT2D eigenvalue weighted by atomic mass is 9.80. The summed E-state index contributed by atoms with van der Waals surface area (Å²) in [5.41, 5.74) is 12.6. The van der Waals surface area contributed by atoms with Gasteiger partial charge in [-0.05, 0) is 100 Å². The molecule has 1 nitrogen and oxygen atoms in total. The molecule has 0 saturated carbocycles. The molecule has 0 saturated heterocycles. The molecule has 0 spiro atoms. The summed E-state index contributed by atoms with van der Waals surface area (Å²) in [6.07, 6.45) is 9.12. The first-order valence-electron chi connectivity index (χ1n) is 11.3. The van der Waals surface area contributed by atoms with Crippen LogP contribution in [0.1, 0.15) is 111 Å². The van der Waals surface area contributed by atoms with Crippen LogP contribution in [-0.4, -0.2) is 4.98 Å². The molecule has 0 aliphatic carbocycles. The van der Waals surface area contributed by atoms with Crippen LogP contribution in [0, 0.1) is 12.3 Å². The molecule has 1 rings (SSSR count). The molecule has 1 N–H and O–H groups in total. The van der Waals surface area contributed by atoms with Crippen LogP contribution in [0.15, 0.2) is 40.5 Å². The van der Waals surface area contributed by atoms with Crippen LogP contribution in [0.3, 0.4) is 0 Å². The van der Waals surface area contributed by atoms with Gasteiger partial charge in [-0.2, -0.15) is 0 Å². The fraction of sp³-hybridized carbons (Fsp3) is 0.571. The van der Waals surface area contributed by atoms with E-state index in [1.807, 2.05) is 0 Å². The normalized spacial score (nSPS) is 15.3. The van der Waals surface area contributed by atoms with E-state index < -0.39 is 0 Å². The summed E-state index contributed by atoms with van der Waals surface area (Å²) in [6, 6.07) is 0. The maximum absolute atomic E-state index is 3.79. The maximum atomic E-state index is 3.79. The topological polar surface area (TPSA) is 15.8 Å². The average molecular weight is 396 g/mol. The lowest BCUT2D eigenvalue weighted by Gasteiger charge is -2.24. The Labute approximate surface area is 181 Å². The number of rotatable bonds is 8. The third kappa shape index (κ3) is 6.11. The van der Waals surface area contributed by atoms with Gasteiger partial charge in [-0.1, -0.05) is 64.0 Å². The molecule has 0 aliphatic heterocycles. The SMILES string of the molecule is C/C=C(C)/C(C)=C(C)\C(=C/C)c1[nH]c(C)c(CC(C)(C)/C=C(/C)CC)c1C(C)C. The summed E-state index contributed by atoms with van der Waals surface area (Å²) < 4.78 is 0. The minimum atomic E-state index is 0.145. The second kappa shape index (κ2) is 10.3. The minimum absolute atomic E-state index is 0.145. The molecular weight excluding hydrogens is 350 g/mol. The van der Waals surface area contributed by atoms with Crippen molar-refractivity contribution < 1.29 is 0 Å². The highest BCUT2D eigenvalue weighted by atomic mass is 14.7. The number of aromatic amines is 1. The zero-order valence-corrected chi connectivity index (χ0v) is 21.2. The predicted octanol–water partition coefficient (Wildman–Crippen LogP) is 9.08. The molecule has 0 amide bonds. The van der Waals surface area contributed by atoms with Gasteiger partial charge in [0.05, 0.1) is 0 Å². The third-order valence-corrected chi connectivity index (χ3v) is 6.31. The van der Waals surface area contributed by atoms with Gasteiger partial charge in [0.1, 0.15) is 0 Å². The molecule has 0 radical (unpaired) electrons. The number of hydrogen-bond acceptors (Lipinski definition) is 0. The van der Waals surface area contributed by atoms with Crippen molar-refractivity contribution in [3.8, 4) is 0 Å². The Morgan fingerprint density at radius 2 is 1.59 bits per heavy atom. The van der Waals surface area contributed by atoms with E-state index in [4.69, 9.17) is 0 Å². The second-order valence-corrected chi connectivity index (χ2v) is 9.61. The Morgan fingerprint density at radius 1 is 1.00 bits per heavy atom. The average Bonchev–Trinajstić information content (AvgIpc) is 2.95. The Balaban J connectivity index is 3.63. The van der Waals surface area contributed by atoms with Crippen LogP contribution < -0.4 is 0 Å². The standard InChI is InChI=1S/C28H45N/c1-13-19(6)16-28(11,12)17-25-23(10)29-27(26(25)18(4)5)24(15-3)22(9)21(8)20(7)14-2/h14-16,18,29H,13,17H2,1-12H3/b19-16-,20-14+,22-21-,24-15+. The van der Waals surface area contributed by atoms with Crippen LogP contribution in [0.25, 0.3) is 5.57 Å². The van der Waals surface area contributed by atoms with E-state index in [1.54, 1.807) is 0 Å². The molecule has 0 bridgehead atoms. The molecule has 1 aromatic rings. The second-order valence-electron chi connectivity index (χ2n) is 9.61. The number of allylic oxidation sites excluding steroid dienone is 8. The molecule has 162 valence electrons. The molecule has 1 heterocycles. The number of aryl methyl sites for hydroxylation is 1. The van der Waals surface area contributed by atoms with E-state index >= 15 is 0 Å². The molecular formula is C28H45N. The zero-order valence-electron chi connectivity index (χ0n) is 21.2. The van der Waals surface area contributed by atoms with Gasteiger partial charge in [0.2, 0.25) is 0 Å². The minimum Gasteiger partial charge on any atom is -0.358 e. The Kier molecular flexibility index (Phi) is 9.00. The number of nitrogens with one attached hydrogen (secondary N) is 1. The summed E-state index contributed by atoms with van der Waals surface area (Å²) in [6.45, 7) is 27.1. The van der Waals surface area contributed by atoms with Gasteiger partial charge in [0.25, 0.3) is 0 Å². The number of hydrogen-bond donors (Lipinski definition) is 1. The fourth-order valence-corrected chi connectivity index (χ4v) is 4.30. The highest BCUT2D eigenvalue weighted by Crippen LogP contribution is 2.39. The van der Waals surface area contributed by atoms with Gasteiger partial charge in [-0.25, -0.2) is 0 Å². The van der Waals surface area contributed by atoms with Crippen LogP contribution in [0.5, 0.6) is 0 Å². The van der Waals surface area contributed by atoms with Crippen molar-refractivity contribution in [2.24, 2.45) is 5.41 Å². The van der Waals surface area contributed by atoms with Gasteiger partial charge in [0.15, 0.2) is 0 Å². The fourth-order valence-electron chi connectivity index (χ4n) is 4.30. The molecule has 1 aromatic heterocycles. The van der Waals surface area contributed by atoms with Crippen molar-refractivity contribution in [1.82, 2.24) is 4.98 Å². The molecule has 0 fully saturated rings. The smallest absolute Gasteiger partial charge is 0.0493 e. The Bertz CT molecular complexity index is 832. The highest BCUT2D eigenvalue weighted by Gasteiger charge is 2.26. The first kappa shape index (κ1) is 25.3. The Hall–Kier alpha value is -1.76. The van der Waals surface area contributed by atoms with E-state index in [9.17, 15) is 0 Å². The molecule has 0 unspecified atom stereocenters. The van der Waals surface area contributed by atoms with Gasteiger partial charge < -0.3 is 4.98 Å². The lowest BCUT2D eigenvalue weighted by molar-refractivity contribution is 0.469. The maximum Gasteiger partial charge on any atom is 0.0493 e. The zero-order chi connectivity index (χ0) is 22.5. The first-order valence-corrected chi connectivity index (χ1v) is 11.3. The van der Waals surface area contributed by atoms with Crippen molar-refractivity contribution in [2.45, 2.75) is 102 Å². The summed E-state index contributed by atoms with van der Waals surface area (Å²) in [5.74, 6) is 0.475. The van der Waals surface area contributed by atoms with Gasteiger partial charge in [0, 0.05) is 11.4 Å². The quantitative estimate of drug-likeness (QED) is 0.333. The van der Waals surface area contributed by atoms with Crippen LogP contribution in [0.4, 0.5) is 0 Å². The van der Waals surface area contributed by atoms with E-state index in [-0.39, 0.29) is 5.41 Å². The number of H-pyrrole nitrogens is 1. The third-order valence-electron chi connectivity index (χ3n) is 6.31. The molecule has 0 atom stereocenters. The van der Waals surface area contributed by atoms with Crippen molar-refractivity contribution in [1.29, 1.82) is 0 Å². The summed E-state index contributed by atoms with van der Waals surface area (Å²) in [5, 5.41) is 0.